The van der Waals surface area contributed by atoms with Crippen molar-refractivity contribution in [3.8, 4) is 0 Å². The predicted molar refractivity (Wildman–Crippen MR) is 81.6 cm³/mol. The summed E-state index contributed by atoms with van der Waals surface area (Å²) in [5.41, 5.74) is 2.33. The summed E-state index contributed by atoms with van der Waals surface area (Å²) in [4.78, 5) is 20.4. The molecule has 3 rings (SSSR count). The zero-order chi connectivity index (χ0) is 14.1. The lowest BCUT2D eigenvalue weighted by molar-refractivity contribution is 0.102. The van der Waals surface area contributed by atoms with E-state index in [0.29, 0.717) is 10.7 Å². The normalized spacial score (nSPS) is 10.7. The smallest absolute Gasteiger partial charge is 0.260 e. The molecule has 6 heteroatoms. The Bertz CT molecular complexity index is 800. The molecule has 0 atom stereocenters. The summed E-state index contributed by atoms with van der Waals surface area (Å²) in [6.07, 6.45) is 1.54. The molecule has 0 fully saturated rings. The minimum absolute atomic E-state index is 0.183. The number of halogens is 1. The molecule has 4 nitrogen and oxygen atoms in total. The topological polar surface area (TPSA) is 54.9 Å². The van der Waals surface area contributed by atoms with Gasteiger partial charge in [0.15, 0.2) is 5.13 Å². The number of carbonyl (C=O) groups is 1. The first-order chi connectivity index (χ1) is 9.65. The van der Waals surface area contributed by atoms with Crippen LogP contribution < -0.4 is 5.32 Å². The van der Waals surface area contributed by atoms with Crippen LogP contribution in [0.2, 0.25) is 5.15 Å². The fourth-order valence-electron chi connectivity index (χ4n) is 1.86. The van der Waals surface area contributed by atoms with Crippen LogP contribution in [0.5, 0.6) is 0 Å². The number of carbonyl (C=O) groups excluding carboxylic acids is 1. The van der Waals surface area contributed by atoms with Gasteiger partial charge in [-0.05, 0) is 30.7 Å². The van der Waals surface area contributed by atoms with Crippen molar-refractivity contribution in [1.82, 2.24) is 9.97 Å². The summed E-state index contributed by atoms with van der Waals surface area (Å²) in [5, 5.41) is 3.50. The number of pyridine rings is 1. The van der Waals surface area contributed by atoms with E-state index in [4.69, 9.17) is 11.6 Å². The molecule has 0 unspecified atom stereocenters. The van der Waals surface area contributed by atoms with Crippen LogP contribution in [-0.4, -0.2) is 15.9 Å². The van der Waals surface area contributed by atoms with Crippen molar-refractivity contribution in [3.05, 3.63) is 52.8 Å². The molecule has 20 heavy (non-hydrogen) atoms. The first kappa shape index (κ1) is 13.0. The van der Waals surface area contributed by atoms with Crippen LogP contribution in [-0.2, 0) is 0 Å². The highest BCUT2D eigenvalue weighted by Crippen LogP contribution is 2.28. The van der Waals surface area contributed by atoms with Crippen molar-refractivity contribution in [1.29, 1.82) is 0 Å². The van der Waals surface area contributed by atoms with Crippen molar-refractivity contribution in [3.63, 3.8) is 0 Å². The zero-order valence-electron chi connectivity index (χ0n) is 10.6. The van der Waals surface area contributed by atoms with Gasteiger partial charge in [0.25, 0.3) is 5.91 Å². The molecule has 0 aliphatic carbocycles. The number of nitrogens with one attached hydrogen (secondary N) is 1. The standard InChI is InChI=1S/C14H10ClN3OS/c1-8-4-2-6-10-11(8)17-14(20-10)18-13(19)9-5-3-7-16-12(9)15/h2-7H,1H3,(H,17,18,19). The van der Waals surface area contributed by atoms with E-state index in [-0.39, 0.29) is 11.1 Å². The monoisotopic (exact) mass is 303 g/mol. The Hall–Kier alpha value is -1.98. The van der Waals surface area contributed by atoms with E-state index in [9.17, 15) is 4.79 Å². The van der Waals surface area contributed by atoms with E-state index in [0.717, 1.165) is 15.8 Å². The van der Waals surface area contributed by atoms with Crippen LogP contribution >= 0.6 is 22.9 Å². The number of aromatic nitrogens is 2. The fourth-order valence-corrected chi connectivity index (χ4v) is 3.00. The molecular weight excluding hydrogens is 294 g/mol. The molecule has 1 aromatic carbocycles. The Morgan fingerprint density at radius 3 is 2.90 bits per heavy atom. The van der Waals surface area contributed by atoms with Crippen LogP contribution in [0.4, 0.5) is 5.13 Å². The van der Waals surface area contributed by atoms with Crippen molar-refractivity contribution in [2.75, 3.05) is 5.32 Å². The zero-order valence-corrected chi connectivity index (χ0v) is 12.1. The van der Waals surface area contributed by atoms with E-state index in [1.54, 1.807) is 18.3 Å². The van der Waals surface area contributed by atoms with E-state index in [2.05, 4.69) is 15.3 Å². The molecule has 0 radical (unpaired) electrons. The van der Waals surface area contributed by atoms with Crippen LogP contribution in [0.3, 0.4) is 0 Å². The van der Waals surface area contributed by atoms with Gasteiger partial charge in [0.1, 0.15) is 5.15 Å². The molecule has 3 aromatic rings. The third-order valence-electron chi connectivity index (χ3n) is 2.84. The number of fused-ring (bicyclic) bond motifs is 1. The second-order valence-corrected chi connectivity index (χ2v) is 5.63. The van der Waals surface area contributed by atoms with Gasteiger partial charge in [0, 0.05) is 6.20 Å². The Labute approximate surface area is 124 Å². The lowest BCUT2D eigenvalue weighted by Crippen LogP contribution is -2.12. The van der Waals surface area contributed by atoms with Crippen molar-refractivity contribution < 1.29 is 4.79 Å². The molecule has 0 spiro atoms. The largest absolute Gasteiger partial charge is 0.298 e. The second-order valence-electron chi connectivity index (χ2n) is 4.24. The molecule has 0 saturated carbocycles. The maximum Gasteiger partial charge on any atom is 0.260 e. The number of hydrogen-bond donors (Lipinski definition) is 1. The maximum atomic E-state index is 12.1. The average molecular weight is 304 g/mol. The van der Waals surface area contributed by atoms with Gasteiger partial charge in [-0.3, -0.25) is 10.1 Å². The summed E-state index contributed by atoms with van der Waals surface area (Å²) >= 11 is 7.33. The molecule has 100 valence electrons. The van der Waals surface area contributed by atoms with Crippen molar-refractivity contribution in [2.45, 2.75) is 6.92 Å². The summed E-state index contributed by atoms with van der Waals surface area (Å²) in [7, 11) is 0. The van der Waals surface area contributed by atoms with Crippen LogP contribution in [0.15, 0.2) is 36.5 Å². The third kappa shape index (κ3) is 2.37. The number of nitrogens with zero attached hydrogens (tertiary/aromatic N) is 2. The highest BCUT2D eigenvalue weighted by atomic mass is 35.5. The quantitative estimate of drug-likeness (QED) is 0.730. The number of thiazole rings is 1. The van der Waals surface area contributed by atoms with Gasteiger partial charge in [-0.15, -0.1) is 0 Å². The van der Waals surface area contributed by atoms with E-state index < -0.39 is 0 Å². The minimum atomic E-state index is -0.306. The first-order valence-corrected chi connectivity index (χ1v) is 7.12. The SMILES string of the molecule is Cc1cccc2sc(NC(=O)c3cccnc3Cl)nc12. The lowest BCUT2D eigenvalue weighted by Gasteiger charge is -2.02. The van der Waals surface area contributed by atoms with Gasteiger partial charge in [-0.2, -0.15) is 0 Å². The van der Waals surface area contributed by atoms with Gasteiger partial charge >= 0.3 is 0 Å². The third-order valence-corrected chi connectivity index (χ3v) is 4.08. The molecule has 1 amide bonds. The minimum Gasteiger partial charge on any atom is -0.298 e. The number of rotatable bonds is 2. The van der Waals surface area contributed by atoms with Crippen LogP contribution in [0.1, 0.15) is 15.9 Å². The van der Waals surface area contributed by atoms with Crippen molar-refractivity contribution in [2.24, 2.45) is 0 Å². The van der Waals surface area contributed by atoms with Crippen LogP contribution in [0.25, 0.3) is 10.2 Å². The van der Waals surface area contributed by atoms with Gasteiger partial charge in [-0.25, -0.2) is 9.97 Å². The Morgan fingerprint density at radius 1 is 1.30 bits per heavy atom. The Balaban J connectivity index is 1.92. The highest BCUT2D eigenvalue weighted by Gasteiger charge is 2.13. The molecule has 2 aromatic heterocycles. The highest BCUT2D eigenvalue weighted by molar-refractivity contribution is 7.22. The van der Waals surface area contributed by atoms with E-state index in [1.807, 2.05) is 25.1 Å². The van der Waals surface area contributed by atoms with Gasteiger partial charge in [0.05, 0.1) is 15.8 Å². The molecule has 2 heterocycles. The average Bonchev–Trinajstić information content (AvgIpc) is 2.83. The summed E-state index contributed by atoms with van der Waals surface area (Å²) in [5.74, 6) is -0.306. The maximum absolute atomic E-state index is 12.1. The Kier molecular flexibility index (Phi) is 3.38. The molecular formula is C14H10ClN3OS. The van der Waals surface area contributed by atoms with Gasteiger partial charge in [-0.1, -0.05) is 35.1 Å². The Morgan fingerprint density at radius 2 is 2.15 bits per heavy atom. The summed E-state index contributed by atoms with van der Waals surface area (Å²) in [6.45, 7) is 1.99. The molecule has 0 aliphatic heterocycles. The number of benzene rings is 1. The first-order valence-electron chi connectivity index (χ1n) is 5.93. The van der Waals surface area contributed by atoms with Gasteiger partial charge in [0.2, 0.25) is 0 Å². The number of anilines is 1. The van der Waals surface area contributed by atoms with Gasteiger partial charge < -0.3 is 0 Å². The van der Waals surface area contributed by atoms with Crippen LogP contribution in [0, 0.1) is 6.92 Å². The van der Waals surface area contributed by atoms with E-state index in [1.165, 1.54) is 11.3 Å². The molecule has 0 saturated heterocycles. The number of amides is 1. The molecule has 0 aliphatic rings. The summed E-state index contributed by atoms with van der Waals surface area (Å²) in [6, 6.07) is 9.24. The second kappa shape index (κ2) is 5.19. The van der Waals surface area contributed by atoms with Crippen molar-refractivity contribution >= 4 is 44.2 Å². The predicted octanol–water partition coefficient (Wildman–Crippen LogP) is 3.91. The number of hydrogen-bond acceptors (Lipinski definition) is 4. The number of para-hydroxylation sites is 1. The molecule has 0 bridgehead atoms. The van der Waals surface area contributed by atoms with E-state index >= 15 is 0 Å². The fraction of sp³-hybridized carbons (Fsp3) is 0.0714. The molecule has 1 N–H and O–H groups in total. The lowest BCUT2D eigenvalue weighted by atomic mass is 10.2. The number of aryl methyl sites for hydroxylation is 1. The summed E-state index contributed by atoms with van der Waals surface area (Å²) < 4.78 is 1.04.